The molecule has 0 aromatic carbocycles. The number of rotatable bonds is 0. The van der Waals surface area contributed by atoms with Gasteiger partial charge in [0.15, 0.2) is 4.67 Å². The average Bonchev–Trinajstić information content (AvgIpc) is 2.14. The molecule has 0 aliphatic rings. The van der Waals surface area contributed by atoms with Crippen LogP contribution in [-0.4, -0.2) is 5.21 Å². The van der Waals surface area contributed by atoms with E-state index in [9.17, 15) is 0 Å². The van der Waals surface area contributed by atoms with E-state index in [0.29, 0.717) is 4.67 Å². The maximum absolute atomic E-state index is 8.05. The molecule has 1 heterocycles. The molecule has 0 aliphatic carbocycles. The zero-order chi connectivity index (χ0) is 5.11. The number of hydrogen-bond acceptors (Lipinski definition) is 4. The molecule has 0 fully saturated rings. The normalized spacial score (nSPS) is 12.3. The maximum atomic E-state index is 8.05. The maximum Gasteiger partial charge on any atom is 0.166 e. The van der Waals surface area contributed by atoms with Crippen LogP contribution in [0.4, 0.5) is 0 Å². The van der Waals surface area contributed by atoms with E-state index in [4.69, 9.17) is 5.21 Å². The molecule has 0 saturated carbocycles. The summed E-state index contributed by atoms with van der Waals surface area (Å²) in [4.78, 5) is 0. The van der Waals surface area contributed by atoms with Crippen LogP contribution in [0.1, 0.15) is 0 Å². The first-order chi connectivity index (χ1) is 3.43. The van der Waals surface area contributed by atoms with E-state index >= 15 is 0 Å². The van der Waals surface area contributed by atoms with Gasteiger partial charge in [-0.2, -0.15) is 0 Å². The highest BCUT2D eigenvalue weighted by atomic mass is 32.9. The molecule has 1 aromatic heterocycles. The minimum absolute atomic E-state index is 0.616. The molecule has 0 amide bonds. The summed E-state index contributed by atoms with van der Waals surface area (Å²) in [5.41, 5.74) is 0. The first-order valence-electron chi connectivity index (χ1n) is 1.58. The van der Waals surface area contributed by atoms with Gasteiger partial charge in [0.25, 0.3) is 0 Å². The molecule has 0 unspecified atom stereocenters. The van der Waals surface area contributed by atoms with Crippen LogP contribution in [0, 0.1) is 5.38 Å². The van der Waals surface area contributed by atoms with Crippen LogP contribution in [0.3, 0.4) is 0 Å². The highest BCUT2D eigenvalue weighted by Gasteiger charge is 1.76. The van der Waals surface area contributed by atoms with Gasteiger partial charge in [0, 0.05) is 0 Å². The standard InChI is InChI=1S/C3H2NOS2/c5-4-3-1-2-6-7-3/h1,5H/b4-3+. The molecule has 0 aliphatic heterocycles. The third-order valence-electron chi connectivity index (χ3n) is 0.456. The Kier molecular flexibility index (Phi) is 1.43. The molecule has 2 nitrogen and oxygen atoms in total. The van der Waals surface area contributed by atoms with Crippen molar-refractivity contribution in [3.8, 4) is 0 Å². The zero-order valence-electron chi connectivity index (χ0n) is 3.29. The van der Waals surface area contributed by atoms with E-state index in [-0.39, 0.29) is 0 Å². The molecule has 0 spiro atoms. The molecule has 0 atom stereocenters. The Labute approximate surface area is 47.7 Å². The summed E-state index contributed by atoms with van der Waals surface area (Å²) in [6.45, 7) is 0. The fraction of sp³-hybridized carbons (Fsp3) is 0. The summed E-state index contributed by atoms with van der Waals surface area (Å²) in [5.74, 6) is 0. The Hall–Kier alpha value is -0.350. The molecule has 4 heteroatoms. The molecule has 1 N–H and O–H groups in total. The molecule has 0 saturated heterocycles. The molecular formula is C3H2NOS2. The molecular weight excluding hydrogens is 130 g/mol. The van der Waals surface area contributed by atoms with Gasteiger partial charge in [0.05, 0.1) is 5.38 Å². The van der Waals surface area contributed by atoms with Crippen LogP contribution < -0.4 is 4.67 Å². The van der Waals surface area contributed by atoms with Gasteiger partial charge in [0.1, 0.15) is 0 Å². The zero-order valence-corrected chi connectivity index (χ0v) is 4.92. The van der Waals surface area contributed by atoms with E-state index in [0.717, 1.165) is 0 Å². The lowest BCUT2D eigenvalue weighted by Gasteiger charge is -1.60. The Bertz CT molecular complexity index is 172. The van der Waals surface area contributed by atoms with Crippen molar-refractivity contribution in [2.45, 2.75) is 0 Å². The highest BCUT2D eigenvalue weighted by Crippen LogP contribution is 1.94. The van der Waals surface area contributed by atoms with Crippen molar-refractivity contribution in [1.82, 2.24) is 0 Å². The van der Waals surface area contributed by atoms with Crippen molar-refractivity contribution in [3.63, 3.8) is 0 Å². The predicted molar refractivity (Wildman–Crippen MR) is 28.4 cm³/mol. The van der Waals surface area contributed by atoms with E-state index in [1.807, 2.05) is 0 Å². The predicted octanol–water partition coefficient (Wildman–Crippen LogP) is 0.900. The Morgan fingerprint density at radius 3 is 3.00 bits per heavy atom. The van der Waals surface area contributed by atoms with Gasteiger partial charge in [-0.25, -0.2) is 0 Å². The van der Waals surface area contributed by atoms with E-state index in [1.54, 1.807) is 6.07 Å². The second-order valence-corrected chi connectivity index (χ2v) is 2.85. The van der Waals surface area contributed by atoms with Gasteiger partial charge in [-0.15, -0.1) is 0 Å². The molecule has 37 valence electrons. The van der Waals surface area contributed by atoms with Crippen molar-refractivity contribution in [3.05, 3.63) is 16.1 Å². The van der Waals surface area contributed by atoms with Crippen LogP contribution in [0.2, 0.25) is 0 Å². The average molecular weight is 132 g/mol. The highest BCUT2D eigenvalue weighted by molar-refractivity contribution is 7.67. The summed E-state index contributed by atoms with van der Waals surface area (Å²) in [6.07, 6.45) is 0. The van der Waals surface area contributed by atoms with Crippen molar-refractivity contribution >= 4 is 20.7 Å². The van der Waals surface area contributed by atoms with Gasteiger partial charge >= 0.3 is 0 Å². The van der Waals surface area contributed by atoms with E-state index < -0.39 is 0 Å². The van der Waals surface area contributed by atoms with Crippen LogP contribution in [0.25, 0.3) is 0 Å². The fourth-order valence-corrected chi connectivity index (χ4v) is 1.51. The SMILES string of the molecule is O/N=c1\c[c]ss1. The van der Waals surface area contributed by atoms with Crippen molar-refractivity contribution in [2.75, 3.05) is 0 Å². The van der Waals surface area contributed by atoms with Crippen molar-refractivity contribution < 1.29 is 5.21 Å². The largest absolute Gasteiger partial charge is 0.410 e. The van der Waals surface area contributed by atoms with Crippen LogP contribution in [0.5, 0.6) is 0 Å². The third kappa shape index (κ3) is 1.01. The lowest BCUT2D eigenvalue weighted by Crippen LogP contribution is -1.85. The molecule has 1 aromatic rings. The third-order valence-corrected chi connectivity index (χ3v) is 2.17. The smallest absolute Gasteiger partial charge is 0.166 e. The number of nitrogens with zero attached hydrogens (tertiary/aromatic N) is 1. The summed E-state index contributed by atoms with van der Waals surface area (Å²) in [7, 11) is 2.82. The lowest BCUT2D eigenvalue weighted by atomic mass is 10.8. The quantitative estimate of drug-likeness (QED) is 0.317. The van der Waals surface area contributed by atoms with Gasteiger partial charge in [0.2, 0.25) is 0 Å². The summed E-state index contributed by atoms with van der Waals surface area (Å²) >= 11 is 0. The van der Waals surface area contributed by atoms with Crippen molar-refractivity contribution in [1.29, 1.82) is 0 Å². The van der Waals surface area contributed by atoms with Gasteiger partial charge in [-0.1, -0.05) is 25.8 Å². The van der Waals surface area contributed by atoms with Gasteiger partial charge in [-0.05, 0) is 6.07 Å². The molecule has 1 radical (unpaired) electrons. The number of hydrogen-bond donors (Lipinski definition) is 1. The minimum atomic E-state index is 0.616. The molecule has 1 rings (SSSR count). The van der Waals surface area contributed by atoms with Crippen LogP contribution >= 0.6 is 20.7 Å². The lowest BCUT2D eigenvalue weighted by molar-refractivity contribution is 0.304. The second-order valence-electron chi connectivity index (χ2n) is 0.867. The Morgan fingerprint density at radius 1 is 1.86 bits per heavy atom. The van der Waals surface area contributed by atoms with Gasteiger partial charge < -0.3 is 5.21 Å². The topological polar surface area (TPSA) is 32.6 Å². The Morgan fingerprint density at radius 2 is 2.71 bits per heavy atom. The van der Waals surface area contributed by atoms with Gasteiger partial charge in [-0.3, -0.25) is 0 Å². The summed E-state index contributed by atoms with van der Waals surface area (Å²) in [6, 6.07) is 1.63. The van der Waals surface area contributed by atoms with E-state index in [1.165, 1.54) is 20.7 Å². The van der Waals surface area contributed by atoms with Crippen molar-refractivity contribution in [2.24, 2.45) is 5.16 Å². The van der Waals surface area contributed by atoms with E-state index in [2.05, 4.69) is 10.5 Å². The molecule has 7 heavy (non-hydrogen) atoms. The first-order valence-corrected chi connectivity index (χ1v) is 3.73. The second kappa shape index (κ2) is 2.09. The molecule has 0 bridgehead atoms. The van der Waals surface area contributed by atoms with Crippen LogP contribution in [-0.2, 0) is 0 Å². The monoisotopic (exact) mass is 132 g/mol. The Balaban J connectivity index is 3.22. The first kappa shape index (κ1) is 4.80. The summed E-state index contributed by atoms with van der Waals surface area (Å²) < 4.78 is 0.616. The van der Waals surface area contributed by atoms with Crippen LogP contribution in [0.15, 0.2) is 11.2 Å². The summed E-state index contributed by atoms with van der Waals surface area (Å²) in [5, 5.41) is 13.8. The fourth-order valence-electron chi connectivity index (χ4n) is 0.211. The minimum Gasteiger partial charge on any atom is -0.410 e.